The van der Waals surface area contributed by atoms with Crippen LogP contribution in [0.5, 0.6) is 0 Å². The van der Waals surface area contributed by atoms with Crippen molar-refractivity contribution in [3.63, 3.8) is 0 Å². The number of rotatable bonds is 6. The second-order valence-electron chi connectivity index (χ2n) is 8.52. The molecule has 1 aromatic carbocycles. The minimum absolute atomic E-state index is 0.207. The van der Waals surface area contributed by atoms with Gasteiger partial charge in [-0.1, -0.05) is 44.7 Å². The number of hydrogen-bond acceptors (Lipinski definition) is 2. The molecule has 0 atom stereocenters. The Morgan fingerprint density at radius 1 is 0.885 bits per heavy atom. The largest absolute Gasteiger partial charge is 0.462 e. The third-order valence-corrected chi connectivity index (χ3v) is 6.92. The predicted octanol–water partition coefficient (Wildman–Crippen LogP) is 6.74. The summed E-state index contributed by atoms with van der Waals surface area (Å²) >= 11 is 0. The van der Waals surface area contributed by atoms with E-state index in [1.54, 1.807) is 0 Å². The van der Waals surface area contributed by atoms with E-state index in [9.17, 15) is 4.79 Å². The first-order valence-corrected chi connectivity index (χ1v) is 11.0. The molecule has 0 unspecified atom stereocenters. The van der Waals surface area contributed by atoms with Gasteiger partial charge < -0.3 is 4.74 Å². The van der Waals surface area contributed by atoms with E-state index in [1.165, 1.54) is 69.8 Å². The van der Waals surface area contributed by atoms with Gasteiger partial charge in [0.15, 0.2) is 0 Å². The van der Waals surface area contributed by atoms with E-state index in [4.69, 9.17) is 4.74 Å². The van der Waals surface area contributed by atoms with Crippen molar-refractivity contribution in [2.45, 2.75) is 84.0 Å². The zero-order valence-corrected chi connectivity index (χ0v) is 16.7. The van der Waals surface area contributed by atoms with Crippen LogP contribution in [-0.4, -0.2) is 12.6 Å². The molecule has 2 heteroatoms. The molecule has 0 radical (unpaired) electrons. The molecule has 144 valence electrons. The zero-order valence-electron chi connectivity index (χ0n) is 16.7. The highest BCUT2D eigenvalue weighted by Crippen LogP contribution is 2.44. The molecule has 2 nitrogen and oxygen atoms in total. The maximum Gasteiger partial charge on any atom is 0.338 e. The molecule has 1 aromatic rings. The third-order valence-electron chi connectivity index (χ3n) is 6.92. The van der Waals surface area contributed by atoms with Crippen LogP contribution in [0, 0.1) is 17.8 Å². The minimum Gasteiger partial charge on any atom is -0.462 e. The molecule has 0 bridgehead atoms. The lowest BCUT2D eigenvalue weighted by Crippen LogP contribution is -2.25. The number of ether oxygens (including phenoxy) is 1. The van der Waals surface area contributed by atoms with Crippen LogP contribution in [0.1, 0.15) is 99.9 Å². The first kappa shape index (κ1) is 19.5. The Hall–Kier alpha value is -1.31. The minimum atomic E-state index is -0.207. The molecule has 3 rings (SSSR count). The maximum absolute atomic E-state index is 11.8. The normalized spacial score (nSPS) is 29.3. The highest BCUT2D eigenvalue weighted by Gasteiger charge is 2.31. The molecule has 2 saturated carbocycles. The SMILES string of the molecule is CCC[C@H]1CC[C@H]([C@H]2CC[C@H](c3ccc(C(=O)OCC)cc3)CC2)CC1. The first-order valence-electron chi connectivity index (χ1n) is 11.0. The average molecular weight is 357 g/mol. The molecular weight excluding hydrogens is 320 g/mol. The summed E-state index contributed by atoms with van der Waals surface area (Å²) in [6.07, 6.45) is 14.2. The van der Waals surface area contributed by atoms with Crippen LogP contribution in [0.15, 0.2) is 24.3 Å². The smallest absolute Gasteiger partial charge is 0.338 e. The quantitative estimate of drug-likeness (QED) is 0.527. The van der Waals surface area contributed by atoms with E-state index in [0.717, 1.165) is 17.8 Å². The van der Waals surface area contributed by atoms with Crippen LogP contribution in [0.25, 0.3) is 0 Å². The van der Waals surface area contributed by atoms with Crippen molar-refractivity contribution in [3.05, 3.63) is 35.4 Å². The molecule has 2 aliphatic carbocycles. The van der Waals surface area contributed by atoms with Crippen molar-refractivity contribution in [2.75, 3.05) is 6.61 Å². The van der Waals surface area contributed by atoms with Gasteiger partial charge in [-0.05, 0) is 86.8 Å². The van der Waals surface area contributed by atoms with Crippen molar-refractivity contribution < 1.29 is 9.53 Å². The monoisotopic (exact) mass is 356 g/mol. The van der Waals surface area contributed by atoms with Crippen LogP contribution in [0.3, 0.4) is 0 Å². The van der Waals surface area contributed by atoms with Gasteiger partial charge in [0.25, 0.3) is 0 Å². The Kier molecular flexibility index (Phi) is 7.16. The summed E-state index contributed by atoms with van der Waals surface area (Å²) in [6.45, 7) is 4.61. The number of esters is 1. The highest BCUT2D eigenvalue weighted by atomic mass is 16.5. The van der Waals surface area contributed by atoms with E-state index < -0.39 is 0 Å². The molecule has 26 heavy (non-hydrogen) atoms. The Bertz CT molecular complexity index is 546. The van der Waals surface area contributed by atoms with E-state index in [0.29, 0.717) is 18.1 Å². The van der Waals surface area contributed by atoms with Crippen LogP contribution in [0.4, 0.5) is 0 Å². The summed E-state index contributed by atoms with van der Waals surface area (Å²) in [5, 5.41) is 0. The molecule has 0 spiro atoms. The summed E-state index contributed by atoms with van der Waals surface area (Å²) in [4.78, 5) is 11.8. The Morgan fingerprint density at radius 2 is 1.46 bits per heavy atom. The zero-order chi connectivity index (χ0) is 18.4. The van der Waals surface area contributed by atoms with Crippen molar-refractivity contribution in [3.8, 4) is 0 Å². The Balaban J connectivity index is 1.47. The van der Waals surface area contributed by atoms with Crippen LogP contribution >= 0.6 is 0 Å². The fourth-order valence-corrected chi connectivity index (χ4v) is 5.39. The van der Waals surface area contributed by atoms with Crippen LogP contribution < -0.4 is 0 Å². The molecule has 0 aliphatic heterocycles. The number of carbonyl (C=O) groups excluding carboxylic acids is 1. The van der Waals surface area contributed by atoms with Crippen molar-refractivity contribution in [1.82, 2.24) is 0 Å². The molecule has 0 heterocycles. The summed E-state index contributed by atoms with van der Waals surface area (Å²) in [5.41, 5.74) is 2.08. The Morgan fingerprint density at radius 3 is 2.00 bits per heavy atom. The fourth-order valence-electron chi connectivity index (χ4n) is 5.39. The summed E-state index contributed by atoms with van der Waals surface area (Å²) in [5.74, 6) is 3.45. The topological polar surface area (TPSA) is 26.3 Å². The molecule has 0 aromatic heterocycles. The summed E-state index contributed by atoms with van der Waals surface area (Å²) in [6, 6.07) is 8.17. The fraction of sp³-hybridized carbons (Fsp3) is 0.708. The number of hydrogen-bond donors (Lipinski definition) is 0. The molecule has 2 fully saturated rings. The van der Waals surface area contributed by atoms with E-state index in [2.05, 4.69) is 19.1 Å². The highest BCUT2D eigenvalue weighted by molar-refractivity contribution is 5.89. The lowest BCUT2D eigenvalue weighted by molar-refractivity contribution is 0.0526. The number of benzene rings is 1. The molecular formula is C24H36O2. The lowest BCUT2D eigenvalue weighted by atomic mass is 9.68. The van der Waals surface area contributed by atoms with Crippen molar-refractivity contribution in [2.24, 2.45) is 17.8 Å². The predicted molar refractivity (Wildman–Crippen MR) is 107 cm³/mol. The van der Waals surface area contributed by atoms with Crippen molar-refractivity contribution in [1.29, 1.82) is 0 Å². The summed E-state index contributed by atoms with van der Waals surface area (Å²) < 4.78 is 5.08. The Labute approximate surface area is 159 Å². The van der Waals surface area contributed by atoms with E-state index >= 15 is 0 Å². The van der Waals surface area contributed by atoms with Gasteiger partial charge in [0.05, 0.1) is 12.2 Å². The summed E-state index contributed by atoms with van der Waals surface area (Å²) in [7, 11) is 0. The molecule has 2 aliphatic rings. The standard InChI is InChI=1S/C24H36O2/c1-3-5-18-6-8-19(9-7-18)20-10-12-21(13-11-20)22-14-16-23(17-15-22)24(25)26-4-2/h14-21H,3-13H2,1-2H3/t18-,19-,20-,21-. The van der Waals surface area contributed by atoms with Crippen LogP contribution in [-0.2, 0) is 4.74 Å². The van der Waals surface area contributed by atoms with Gasteiger partial charge >= 0.3 is 5.97 Å². The van der Waals surface area contributed by atoms with Gasteiger partial charge in [-0.2, -0.15) is 0 Å². The van der Waals surface area contributed by atoms with Gasteiger partial charge in [-0.15, -0.1) is 0 Å². The molecule has 0 saturated heterocycles. The van der Waals surface area contributed by atoms with Crippen molar-refractivity contribution >= 4 is 5.97 Å². The second-order valence-corrected chi connectivity index (χ2v) is 8.52. The van der Waals surface area contributed by atoms with Gasteiger partial charge in [-0.3, -0.25) is 0 Å². The van der Waals surface area contributed by atoms with Gasteiger partial charge in [0, 0.05) is 0 Å². The molecule has 0 amide bonds. The second kappa shape index (κ2) is 9.58. The van der Waals surface area contributed by atoms with Gasteiger partial charge in [0.1, 0.15) is 0 Å². The van der Waals surface area contributed by atoms with E-state index in [1.807, 2.05) is 19.1 Å². The lowest BCUT2D eigenvalue weighted by Gasteiger charge is -2.38. The third kappa shape index (κ3) is 4.90. The average Bonchev–Trinajstić information content (AvgIpc) is 2.69. The first-order chi connectivity index (χ1) is 12.7. The van der Waals surface area contributed by atoms with Gasteiger partial charge in [0.2, 0.25) is 0 Å². The van der Waals surface area contributed by atoms with E-state index in [-0.39, 0.29) is 5.97 Å². The van der Waals surface area contributed by atoms with Crippen LogP contribution in [0.2, 0.25) is 0 Å². The maximum atomic E-state index is 11.8. The number of carbonyl (C=O) groups is 1. The molecule has 0 N–H and O–H groups in total. The van der Waals surface area contributed by atoms with Gasteiger partial charge in [-0.25, -0.2) is 4.79 Å².